The van der Waals surface area contributed by atoms with E-state index in [-0.39, 0.29) is 4.90 Å². The number of hydrogen-bond donors (Lipinski definition) is 2. The smallest absolute Gasteiger partial charge is 0.262 e. The van der Waals surface area contributed by atoms with Crippen molar-refractivity contribution in [3.63, 3.8) is 0 Å². The first-order valence-corrected chi connectivity index (χ1v) is 8.37. The second-order valence-electron chi connectivity index (χ2n) is 4.79. The monoisotopic (exact) mass is 324 g/mol. The molecule has 2 aromatic carbocycles. The summed E-state index contributed by atoms with van der Waals surface area (Å²) in [4.78, 5) is 0.208. The molecule has 0 aromatic heterocycles. The van der Waals surface area contributed by atoms with Crippen LogP contribution in [0.1, 0.15) is 18.1 Å². The maximum atomic E-state index is 12.6. The van der Waals surface area contributed by atoms with Crippen LogP contribution in [0, 0.1) is 6.92 Å². The van der Waals surface area contributed by atoms with Gasteiger partial charge in [0.2, 0.25) is 0 Å². The standard InChI is InChI=1S/C15H17ClN2O2S/c1-3-11-4-6-13(17)9-15(11)21(19,20)18-14-7-5-12(16)8-10(14)2/h4-9,18H,3,17H2,1-2H3. The number of aryl methyl sites for hydroxylation is 2. The highest BCUT2D eigenvalue weighted by molar-refractivity contribution is 7.92. The van der Waals surface area contributed by atoms with Gasteiger partial charge >= 0.3 is 0 Å². The minimum absolute atomic E-state index is 0.208. The van der Waals surface area contributed by atoms with Gasteiger partial charge in [0.05, 0.1) is 10.6 Å². The van der Waals surface area contributed by atoms with Gasteiger partial charge in [0, 0.05) is 10.7 Å². The zero-order valence-corrected chi connectivity index (χ0v) is 13.4. The fraction of sp³-hybridized carbons (Fsp3) is 0.200. The van der Waals surface area contributed by atoms with Gasteiger partial charge in [0.1, 0.15) is 0 Å². The predicted octanol–water partition coefficient (Wildman–Crippen LogP) is 3.59. The molecule has 2 rings (SSSR count). The predicted molar refractivity (Wildman–Crippen MR) is 87.2 cm³/mol. The Balaban J connectivity index is 2.45. The number of nitrogens with two attached hydrogens (primary N) is 1. The van der Waals surface area contributed by atoms with E-state index in [1.54, 1.807) is 37.3 Å². The summed E-state index contributed by atoms with van der Waals surface area (Å²) < 4.78 is 27.7. The van der Waals surface area contributed by atoms with Crippen LogP contribution in [0.4, 0.5) is 11.4 Å². The van der Waals surface area contributed by atoms with Gasteiger partial charge in [-0.05, 0) is 54.8 Å². The van der Waals surface area contributed by atoms with Crippen LogP contribution in [0.5, 0.6) is 0 Å². The van der Waals surface area contributed by atoms with Crippen LogP contribution in [-0.4, -0.2) is 8.42 Å². The van der Waals surface area contributed by atoms with E-state index in [0.717, 1.165) is 11.1 Å². The molecule has 0 saturated heterocycles. The highest BCUT2D eigenvalue weighted by atomic mass is 35.5. The van der Waals surface area contributed by atoms with Crippen LogP contribution >= 0.6 is 11.6 Å². The van der Waals surface area contributed by atoms with Gasteiger partial charge in [0.25, 0.3) is 10.0 Å². The van der Waals surface area contributed by atoms with Crippen LogP contribution in [0.3, 0.4) is 0 Å². The average Bonchev–Trinajstić information content (AvgIpc) is 2.42. The first-order valence-electron chi connectivity index (χ1n) is 6.51. The fourth-order valence-electron chi connectivity index (χ4n) is 2.05. The van der Waals surface area contributed by atoms with Crippen molar-refractivity contribution in [3.05, 3.63) is 52.5 Å². The summed E-state index contributed by atoms with van der Waals surface area (Å²) in [6.07, 6.45) is 0.607. The molecule has 0 aliphatic heterocycles. The van der Waals surface area contributed by atoms with Gasteiger partial charge in [-0.3, -0.25) is 4.72 Å². The van der Waals surface area contributed by atoms with E-state index in [9.17, 15) is 8.42 Å². The van der Waals surface area contributed by atoms with Gasteiger partial charge in [0.15, 0.2) is 0 Å². The van der Waals surface area contributed by atoms with Crippen LogP contribution in [0.25, 0.3) is 0 Å². The van der Waals surface area contributed by atoms with E-state index in [4.69, 9.17) is 17.3 Å². The van der Waals surface area contributed by atoms with Gasteiger partial charge in [-0.25, -0.2) is 8.42 Å². The fourth-order valence-corrected chi connectivity index (χ4v) is 3.76. The van der Waals surface area contributed by atoms with Crippen molar-refractivity contribution in [2.24, 2.45) is 0 Å². The lowest BCUT2D eigenvalue weighted by molar-refractivity contribution is 0.600. The van der Waals surface area contributed by atoms with Crippen LogP contribution in [0.15, 0.2) is 41.3 Å². The number of anilines is 2. The van der Waals surface area contributed by atoms with E-state index in [1.807, 2.05) is 6.92 Å². The molecule has 21 heavy (non-hydrogen) atoms. The lowest BCUT2D eigenvalue weighted by Gasteiger charge is -2.14. The van der Waals surface area contributed by atoms with Crippen molar-refractivity contribution in [2.75, 3.05) is 10.5 Å². The Morgan fingerprint density at radius 2 is 1.90 bits per heavy atom. The number of hydrogen-bond acceptors (Lipinski definition) is 3. The molecular weight excluding hydrogens is 308 g/mol. The first kappa shape index (κ1) is 15.7. The molecule has 3 N–H and O–H groups in total. The molecule has 0 radical (unpaired) electrons. The number of rotatable bonds is 4. The van der Waals surface area contributed by atoms with E-state index >= 15 is 0 Å². The van der Waals surface area contributed by atoms with E-state index < -0.39 is 10.0 Å². The van der Waals surface area contributed by atoms with Gasteiger partial charge in [-0.15, -0.1) is 0 Å². The van der Waals surface area contributed by atoms with Crippen molar-refractivity contribution in [1.82, 2.24) is 0 Å². The van der Waals surface area contributed by atoms with Crippen molar-refractivity contribution < 1.29 is 8.42 Å². The third kappa shape index (κ3) is 3.49. The molecule has 0 saturated carbocycles. The number of sulfonamides is 1. The quantitative estimate of drug-likeness (QED) is 0.844. The number of benzene rings is 2. The van der Waals surface area contributed by atoms with Gasteiger partial charge in [-0.2, -0.15) is 0 Å². The summed E-state index contributed by atoms with van der Waals surface area (Å²) in [5, 5.41) is 0.564. The summed E-state index contributed by atoms with van der Waals surface area (Å²) in [7, 11) is -3.69. The molecule has 0 unspecified atom stereocenters. The number of nitrogens with one attached hydrogen (secondary N) is 1. The van der Waals surface area contributed by atoms with Gasteiger partial charge < -0.3 is 5.73 Å². The summed E-state index contributed by atoms with van der Waals surface area (Å²) in [6, 6.07) is 9.91. The lowest BCUT2D eigenvalue weighted by Crippen LogP contribution is -2.16. The average molecular weight is 325 g/mol. The van der Waals surface area contributed by atoms with Crippen molar-refractivity contribution in [2.45, 2.75) is 25.2 Å². The topological polar surface area (TPSA) is 72.2 Å². The molecule has 0 heterocycles. The van der Waals surface area contributed by atoms with E-state index in [0.29, 0.717) is 22.8 Å². The maximum absolute atomic E-state index is 12.6. The van der Waals surface area contributed by atoms with Crippen LogP contribution in [-0.2, 0) is 16.4 Å². The van der Waals surface area contributed by atoms with E-state index in [1.165, 1.54) is 6.07 Å². The Labute approximate surface area is 130 Å². The lowest BCUT2D eigenvalue weighted by atomic mass is 10.1. The second-order valence-corrected chi connectivity index (χ2v) is 6.87. The molecule has 4 nitrogen and oxygen atoms in total. The number of nitrogen functional groups attached to an aromatic ring is 1. The Kier molecular flexibility index (Phi) is 4.44. The molecule has 0 spiro atoms. The van der Waals surface area contributed by atoms with Gasteiger partial charge in [-0.1, -0.05) is 24.6 Å². The minimum atomic E-state index is -3.69. The largest absolute Gasteiger partial charge is 0.399 e. The SMILES string of the molecule is CCc1ccc(N)cc1S(=O)(=O)Nc1ccc(Cl)cc1C. The Bertz CT molecular complexity index is 773. The molecular formula is C15H17ClN2O2S. The molecule has 0 atom stereocenters. The Morgan fingerprint density at radius 3 is 2.52 bits per heavy atom. The van der Waals surface area contributed by atoms with E-state index in [2.05, 4.69) is 4.72 Å². The molecule has 0 aliphatic carbocycles. The zero-order valence-electron chi connectivity index (χ0n) is 11.9. The summed E-state index contributed by atoms with van der Waals surface area (Å²) in [6.45, 7) is 3.70. The number of halogens is 1. The summed E-state index contributed by atoms with van der Waals surface area (Å²) in [5.41, 5.74) is 8.12. The van der Waals surface area contributed by atoms with Crippen molar-refractivity contribution in [1.29, 1.82) is 0 Å². The molecule has 112 valence electrons. The maximum Gasteiger partial charge on any atom is 0.262 e. The normalized spacial score (nSPS) is 11.4. The third-order valence-corrected chi connectivity index (χ3v) is 4.88. The third-order valence-electron chi connectivity index (χ3n) is 3.19. The summed E-state index contributed by atoms with van der Waals surface area (Å²) in [5.74, 6) is 0. The van der Waals surface area contributed by atoms with Crippen molar-refractivity contribution in [3.8, 4) is 0 Å². The Hall–Kier alpha value is -1.72. The molecule has 0 amide bonds. The first-order chi connectivity index (χ1) is 9.83. The molecule has 0 fully saturated rings. The Morgan fingerprint density at radius 1 is 1.19 bits per heavy atom. The molecule has 2 aromatic rings. The molecule has 0 bridgehead atoms. The van der Waals surface area contributed by atoms with Crippen LogP contribution < -0.4 is 10.5 Å². The van der Waals surface area contributed by atoms with Crippen molar-refractivity contribution >= 4 is 33.0 Å². The van der Waals surface area contributed by atoms with Crippen LogP contribution in [0.2, 0.25) is 5.02 Å². The zero-order chi connectivity index (χ0) is 15.6. The molecule has 0 aliphatic rings. The highest BCUT2D eigenvalue weighted by Crippen LogP contribution is 2.25. The highest BCUT2D eigenvalue weighted by Gasteiger charge is 2.19. The summed E-state index contributed by atoms with van der Waals surface area (Å²) >= 11 is 5.88. The minimum Gasteiger partial charge on any atom is -0.399 e. The molecule has 6 heteroatoms. The second kappa shape index (κ2) is 5.95.